The van der Waals surface area contributed by atoms with Gasteiger partial charge in [0.1, 0.15) is 4.90 Å². The minimum Gasteiger partial charge on any atom is -0.339 e. The molecule has 0 aromatic heterocycles. The number of halogens is 2. The van der Waals surface area contributed by atoms with Crippen LogP contribution in [-0.4, -0.2) is 37.2 Å². The number of carbonyl (C=O) groups excluding carboxylic acids is 1. The van der Waals surface area contributed by atoms with Crippen LogP contribution in [0.2, 0.25) is 5.02 Å². The first kappa shape index (κ1) is 16.0. The Hall–Kier alpha value is -1.38. The fourth-order valence-electron chi connectivity index (χ4n) is 2.11. The quantitative estimate of drug-likeness (QED) is 0.472. The Labute approximate surface area is 130 Å². The maximum absolute atomic E-state index is 12.3. The minimum absolute atomic E-state index is 0.230. The summed E-state index contributed by atoms with van der Waals surface area (Å²) in [6, 6.07) is 1.71. The molecule has 1 fully saturated rings. The molecule has 0 saturated carbocycles. The molecule has 2 rings (SSSR count). The lowest BCUT2D eigenvalue weighted by Gasteiger charge is -2.16. The summed E-state index contributed by atoms with van der Waals surface area (Å²) in [7, 11) is 0.913. The largest absolute Gasteiger partial charge is 0.339 e. The van der Waals surface area contributed by atoms with Gasteiger partial charge in [0.15, 0.2) is 0 Å². The lowest BCUT2D eigenvalue weighted by Crippen LogP contribution is -2.28. The van der Waals surface area contributed by atoms with E-state index in [9.17, 15) is 23.3 Å². The average molecular weight is 353 g/mol. The summed E-state index contributed by atoms with van der Waals surface area (Å²) in [6.07, 6.45) is 1.64. The smallest absolute Gasteiger partial charge is 0.271 e. The van der Waals surface area contributed by atoms with E-state index in [0.29, 0.717) is 13.1 Å². The second-order valence-corrected chi connectivity index (χ2v) is 7.41. The number of amides is 1. The third-order valence-corrected chi connectivity index (χ3v) is 4.99. The Morgan fingerprint density at radius 1 is 1.29 bits per heavy atom. The molecule has 0 radical (unpaired) electrons. The zero-order valence-corrected chi connectivity index (χ0v) is 12.9. The van der Waals surface area contributed by atoms with Crippen LogP contribution in [0.5, 0.6) is 0 Å². The highest BCUT2D eigenvalue weighted by atomic mass is 35.7. The van der Waals surface area contributed by atoms with Gasteiger partial charge in [-0.25, -0.2) is 8.42 Å². The van der Waals surface area contributed by atoms with Crippen LogP contribution < -0.4 is 0 Å². The molecule has 7 nitrogen and oxygen atoms in total. The number of non-ortho nitro benzene ring substituents is 1. The minimum atomic E-state index is -4.30. The Bertz CT molecular complexity index is 714. The number of benzene rings is 1. The number of likely N-dealkylation sites (tertiary alicyclic amines) is 1. The number of carbonyl (C=O) groups is 1. The van der Waals surface area contributed by atoms with E-state index in [-0.39, 0.29) is 5.56 Å². The molecular formula is C11H10Cl2N2O5S. The van der Waals surface area contributed by atoms with E-state index in [2.05, 4.69) is 0 Å². The zero-order chi connectivity index (χ0) is 15.8. The molecule has 114 valence electrons. The Kier molecular flexibility index (Phi) is 4.40. The van der Waals surface area contributed by atoms with Crippen LogP contribution >= 0.6 is 22.3 Å². The third-order valence-electron chi connectivity index (χ3n) is 3.12. The van der Waals surface area contributed by atoms with Gasteiger partial charge < -0.3 is 4.90 Å². The number of hydrogen-bond donors (Lipinski definition) is 0. The summed E-state index contributed by atoms with van der Waals surface area (Å²) in [5, 5.41) is 10.5. The van der Waals surface area contributed by atoms with E-state index in [4.69, 9.17) is 22.3 Å². The number of nitro groups is 1. The lowest BCUT2D eigenvalue weighted by molar-refractivity contribution is -0.385. The fourth-order valence-corrected chi connectivity index (χ4v) is 3.68. The van der Waals surface area contributed by atoms with E-state index >= 15 is 0 Å². The van der Waals surface area contributed by atoms with Gasteiger partial charge in [-0.3, -0.25) is 14.9 Å². The zero-order valence-electron chi connectivity index (χ0n) is 10.6. The average Bonchev–Trinajstić information content (AvgIpc) is 2.90. The summed E-state index contributed by atoms with van der Waals surface area (Å²) in [5.74, 6) is -0.539. The normalized spacial score (nSPS) is 15.2. The molecule has 1 aliphatic rings. The summed E-state index contributed by atoms with van der Waals surface area (Å²) in [4.78, 5) is 23.2. The van der Waals surface area contributed by atoms with E-state index in [1.807, 2.05) is 0 Å². The van der Waals surface area contributed by atoms with Crippen LogP contribution in [0.3, 0.4) is 0 Å². The topological polar surface area (TPSA) is 97.6 Å². The molecule has 1 aromatic rings. The number of rotatable bonds is 3. The first-order chi connectivity index (χ1) is 9.71. The first-order valence-electron chi connectivity index (χ1n) is 5.93. The highest BCUT2D eigenvalue weighted by Crippen LogP contribution is 2.33. The summed E-state index contributed by atoms with van der Waals surface area (Å²) >= 11 is 5.91. The highest BCUT2D eigenvalue weighted by molar-refractivity contribution is 8.13. The SMILES string of the molecule is O=C(c1cc([N+](=O)[O-])cc(S(=O)(=O)Cl)c1Cl)N1CCCC1. The van der Waals surface area contributed by atoms with Crippen molar-refractivity contribution in [2.75, 3.05) is 13.1 Å². The molecule has 1 heterocycles. The van der Waals surface area contributed by atoms with Gasteiger partial charge in [0.05, 0.1) is 15.5 Å². The second kappa shape index (κ2) is 5.78. The van der Waals surface area contributed by atoms with E-state index in [1.54, 1.807) is 0 Å². The molecule has 0 unspecified atom stereocenters. The van der Waals surface area contributed by atoms with Crippen molar-refractivity contribution in [3.63, 3.8) is 0 Å². The van der Waals surface area contributed by atoms with Crippen LogP contribution in [0.15, 0.2) is 17.0 Å². The Morgan fingerprint density at radius 3 is 2.33 bits per heavy atom. The maximum Gasteiger partial charge on any atom is 0.271 e. The molecule has 1 saturated heterocycles. The van der Waals surface area contributed by atoms with E-state index in [1.165, 1.54) is 4.90 Å². The number of nitrogens with zero attached hydrogens (tertiary/aromatic N) is 2. The van der Waals surface area contributed by atoms with Crippen molar-refractivity contribution in [1.82, 2.24) is 4.90 Å². The standard InChI is InChI=1S/C11H10Cl2N2O5S/c12-10-8(11(16)14-3-1-2-4-14)5-7(15(17)18)6-9(10)21(13,19)20/h5-6H,1-4H2. The van der Waals surface area contributed by atoms with Crippen molar-refractivity contribution in [2.45, 2.75) is 17.7 Å². The van der Waals surface area contributed by atoms with Crippen LogP contribution in [0.1, 0.15) is 23.2 Å². The fraction of sp³-hybridized carbons (Fsp3) is 0.364. The molecule has 1 amide bonds. The molecule has 10 heteroatoms. The van der Waals surface area contributed by atoms with Crippen LogP contribution in [-0.2, 0) is 9.05 Å². The summed E-state index contributed by atoms with van der Waals surface area (Å²) in [6.45, 7) is 1.00. The van der Waals surface area contributed by atoms with Gasteiger partial charge in [0, 0.05) is 35.9 Å². The van der Waals surface area contributed by atoms with Crippen molar-refractivity contribution in [1.29, 1.82) is 0 Å². The van der Waals surface area contributed by atoms with E-state index in [0.717, 1.165) is 25.0 Å². The first-order valence-corrected chi connectivity index (χ1v) is 8.62. The van der Waals surface area contributed by atoms with Crippen molar-refractivity contribution < 1.29 is 18.1 Å². The van der Waals surface area contributed by atoms with Crippen molar-refractivity contribution >= 4 is 42.9 Å². The van der Waals surface area contributed by atoms with Gasteiger partial charge in [0.2, 0.25) is 0 Å². The molecule has 0 atom stereocenters. The third kappa shape index (κ3) is 3.28. The molecule has 0 N–H and O–H groups in total. The maximum atomic E-state index is 12.3. The molecule has 0 bridgehead atoms. The van der Waals surface area contributed by atoms with Gasteiger partial charge in [-0.15, -0.1) is 0 Å². The van der Waals surface area contributed by atoms with Crippen LogP contribution in [0, 0.1) is 10.1 Å². The predicted octanol–water partition coefficient (Wildman–Crippen LogP) is 2.41. The number of hydrogen-bond acceptors (Lipinski definition) is 5. The van der Waals surface area contributed by atoms with E-state index < -0.39 is 35.5 Å². The number of nitro benzene ring substituents is 1. The molecule has 0 aliphatic carbocycles. The van der Waals surface area contributed by atoms with Gasteiger partial charge in [-0.1, -0.05) is 11.6 Å². The van der Waals surface area contributed by atoms with Crippen LogP contribution in [0.25, 0.3) is 0 Å². The van der Waals surface area contributed by atoms with Gasteiger partial charge in [-0.2, -0.15) is 0 Å². The molecule has 1 aromatic carbocycles. The highest BCUT2D eigenvalue weighted by Gasteiger charge is 2.29. The Morgan fingerprint density at radius 2 is 1.86 bits per heavy atom. The van der Waals surface area contributed by atoms with Gasteiger partial charge in [0.25, 0.3) is 20.6 Å². The second-order valence-electron chi connectivity index (χ2n) is 4.50. The molecule has 21 heavy (non-hydrogen) atoms. The van der Waals surface area contributed by atoms with Crippen molar-refractivity contribution in [2.24, 2.45) is 0 Å². The Balaban J connectivity index is 2.61. The summed E-state index contributed by atoms with van der Waals surface area (Å²) in [5.41, 5.74) is -0.784. The van der Waals surface area contributed by atoms with Crippen LogP contribution in [0.4, 0.5) is 5.69 Å². The molecule has 1 aliphatic heterocycles. The monoisotopic (exact) mass is 352 g/mol. The summed E-state index contributed by atoms with van der Waals surface area (Å²) < 4.78 is 22.9. The molecule has 0 spiro atoms. The van der Waals surface area contributed by atoms with Gasteiger partial charge in [-0.05, 0) is 12.8 Å². The predicted molar refractivity (Wildman–Crippen MR) is 76.3 cm³/mol. The lowest BCUT2D eigenvalue weighted by atomic mass is 10.1. The van der Waals surface area contributed by atoms with Crippen molar-refractivity contribution in [3.8, 4) is 0 Å². The van der Waals surface area contributed by atoms with Crippen molar-refractivity contribution in [3.05, 3.63) is 32.8 Å². The molecular weight excluding hydrogens is 343 g/mol. The van der Waals surface area contributed by atoms with Gasteiger partial charge >= 0.3 is 0 Å².